The lowest BCUT2D eigenvalue weighted by Crippen LogP contribution is -2.29. The fourth-order valence-corrected chi connectivity index (χ4v) is 3.22. The Morgan fingerprint density at radius 1 is 1.35 bits per heavy atom. The van der Waals surface area contributed by atoms with E-state index in [0.717, 1.165) is 25.6 Å². The first-order chi connectivity index (χ1) is 9.72. The van der Waals surface area contributed by atoms with Gasteiger partial charge in [-0.05, 0) is 31.7 Å². The van der Waals surface area contributed by atoms with Gasteiger partial charge in [0.1, 0.15) is 0 Å². The first kappa shape index (κ1) is 14.0. The Hall–Kier alpha value is -0.940. The second-order valence-electron chi connectivity index (χ2n) is 6.14. The van der Waals surface area contributed by atoms with E-state index in [9.17, 15) is 0 Å². The third kappa shape index (κ3) is 3.58. The maximum atomic E-state index is 5.63. The summed E-state index contributed by atoms with van der Waals surface area (Å²) >= 11 is 4.99. The Kier molecular flexibility index (Phi) is 4.36. The zero-order chi connectivity index (χ0) is 13.9. The lowest BCUT2D eigenvalue weighted by Gasteiger charge is -2.20. The van der Waals surface area contributed by atoms with Crippen LogP contribution in [0.4, 0.5) is 0 Å². The van der Waals surface area contributed by atoms with Crippen molar-refractivity contribution in [3.8, 4) is 0 Å². The van der Waals surface area contributed by atoms with Gasteiger partial charge in [-0.25, -0.2) is 0 Å². The Labute approximate surface area is 126 Å². The van der Waals surface area contributed by atoms with E-state index >= 15 is 0 Å². The molecule has 1 heterocycles. The minimum Gasteiger partial charge on any atom is -0.393 e. The molecular weight excluding hydrogens is 268 g/mol. The molecular formula is C15H24N4S. The SMILES string of the molecule is NC(=S)CCN(Cc1ccn(C2CCCC2)n1)C1CC1. The smallest absolute Gasteiger partial charge is 0.0765 e. The maximum absolute atomic E-state index is 5.63. The van der Waals surface area contributed by atoms with Gasteiger partial charge >= 0.3 is 0 Å². The zero-order valence-electron chi connectivity index (χ0n) is 12.0. The molecule has 110 valence electrons. The second kappa shape index (κ2) is 6.22. The fourth-order valence-electron chi connectivity index (χ4n) is 3.13. The number of rotatable bonds is 7. The van der Waals surface area contributed by atoms with Crippen molar-refractivity contribution < 1.29 is 0 Å². The number of thiocarbonyl (C=S) groups is 1. The van der Waals surface area contributed by atoms with Gasteiger partial charge in [0.25, 0.3) is 0 Å². The summed E-state index contributed by atoms with van der Waals surface area (Å²) < 4.78 is 2.18. The summed E-state index contributed by atoms with van der Waals surface area (Å²) in [6.45, 7) is 1.91. The van der Waals surface area contributed by atoms with Crippen molar-refractivity contribution in [3.05, 3.63) is 18.0 Å². The summed E-state index contributed by atoms with van der Waals surface area (Å²) in [6.07, 6.45) is 10.9. The highest BCUT2D eigenvalue weighted by Crippen LogP contribution is 2.30. The first-order valence-corrected chi connectivity index (χ1v) is 8.19. The molecule has 0 saturated heterocycles. The predicted molar refractivity (Wildman–Crippen MR) is 84.6 cm³/mol. The molecule has 0 aliphatic heterocycles. The van der Waals surface area contributed by atoms with E-state index < -0.39 is 0 Å². The van der Waals surface area contributed by atoms with Crippen LogP contribution in [0.3, 0.4) is 0 Å². The minimum absolute atomic E-state index is 0.618. The molecule has 0 bridgehead atoms. The van der Waals surface area contributed by atoms with E-state index in [1.54, 1.807) is 0 Å². The molecule has 2 fully saturated rings. The molecule has 0 radical (unpaired) electrons. The molecule has 0 aromatic carbocycles. The van der Waals surface area contributed by atoms with E-state index in [1.807, 2.05) is 0 Å². The van der Waals surface area contributed by atoms with Crippen LogP contribution < -0.4 is 5.73 Å². The third-order valence-corrected chi connectivity index (χ3v) is 4.64. The molecule has 3 rings (SSSR count). The molecule has 2 aliphatic rings. The molecule has 2 saturated carbocycles. The zero-order valence-corrected chi connectivity index (χ0v) is 12.8. The number of hydrogen-bond donors (Lipinski definition) is 1. The van der Waals surface area contributed by atoms with E-state index in [1.165, 1.54) is 44.2 Å². The molecule has 1 aromatic heterocycles. The minimum atomic E-state index is 0.618. The fraction of sp³-hybridized carbons (Fsp3) is 0.733. The van der Waals surface area contributed by atoms with Crippen molar-refractivity contribution in [2.24, 2.45) is 5.73 Å². The number of hydrogen-bond acceptors (Lipinski definition) is 3. The molecule has 5 heteroatoms. The van der Waals surface area contributed by atoms with E-state index in [4.69, 9.17) is 23.1 Å². The topological polar surface area (TPSA) is 47.1 Å². The second-order valence-corrected chi connectivity index (χ2v) is 6.67. The van der Waals surface area contributed by atoms with Crippen LogP contribution in [-0.4, -0.2) is 32.3 Å². The molecule has 0 atom stereocenters. The van der Waals surface area contributed by atoms with Gasteiger partial charge in [0.2, 0.25) is 0 Å². The van der Waals surface area contributed by atoms with Crippen molar-refractivity contribution in [1.82, 2.24) is 14.7 Å². The number of nitrogens with two attached hydrogens (primary N) is 1. The van der Waals surface area contributed by atoms with Crippen LogP contribution in [0.15, 0.2) is 12.3 Å². The average Bonchev–Trinajstić information content (AvgIpc) is 2.93. The molecule has 2 N–H and O–H groups in total. The Balaban J connectivity index is 1.58. The standard InChI is InChI=1S/C15H24N4S/c16-15(20)8-9-18(13-5-6-13)11-12-7-10-19(17-12)14-3-1-2-4-14/h7,10,13-14H,1-6,8-9,11H2,(H2,16,20). The van der Waals surface area contributed by atoms with Crippen LogP contribution in [0.25, 0.3) is 0 Å². The van der Waals surface area contributed by atoms with E-state index in [2.05, 4.69) is 21.8 Å². The summed E-state index contributed by atoms with van der Waals surface area (Å²) in [5.74, 6) is 0. The molecule has 0 amide bonds. The summed E-state index contributed by atoms with van der Waals surface area (Å²) in [6, 6.07) is 3.53. The third-order valence-electron chi connectivity index (χ3n) is 4.44. The van der Waals surface area contributed by atoms with Crippen LogP contribution >= 0.6 is 12.2 Å². The quantitative estimate of drug-likeness (QED) is 0.785. The van der Waals surface area contributed by atoms with Gasteiger partial charge in [-0.15, -0.1) is 0 Å². The molecule has 4 nitrogen and oxygen atoms in total. The Morgan fingerprint density at radius 3 is 2.75 bits per heavy atom. The molecule has 2 aliphatic carbocycles. The van der Waals surface area contributed by atoms with Crippen LogP contribution in [0.2, 0.25) is 0 Å². The van der Waals surface area contributed by atoms with Gasteiger partial charge in [0.05, 0.1) is 16.7 Å². The summed E-state index contributed by atoms with van der Waals surface area (Å²) in [5.41, 5.74) is 6.81. The first-order valence-electron chi connectivity index (χ1n) is 7.79. The number of aromatic nitrogens is 2. The van der Waals surface area contributed by atoms with Gasteiger partial charge in [-0.1, -0.05) is 25.1 Å². The number of nitrogens with zero attached hydrogens (tertiary/aromatic N) is 3. The van der Waals surface area contributed by atoms with Crippen molar-refractivity contribution in [3.63, 3.8) is 0 Å². The highest BCUT2D eigenvalue weighted by molar-refractivity contribution is 7.80. The van der Waals surface area contributed by atoms with Gasteiger partial charge in [-0.3, -0.25) is 9.58 Å². The van der Waals surface area contributed by atoms with Gasteiger partial charge in [-0.2, -0.15) is 5.10 Å². The van der Waals surface area contributed by atoms with Crippen molar-refractivity contribution in [2.45, 2.75) is 63.6 Å². The highest BCUT2D eigenvalue weighted by Gasteiger charge is 2.29. The Bertz CT molecular complexity index is 460. The van der Waals surface area contributed by atoms with Crippen LogP contribution in [0.5, 0.6) is 0 Å². The largest absolute Gasteiger partial charge is 0.393 e. The van der Waals surface area contributed by atoms with Crippen LogP contribution in [-0.2, 0) is 6.54 Å². The molecule has 0 unspecified atom stereocenters. The molecule has 0 spiro atoms. The van der Waals surface area contributed by atoms with Crippen molar-refractivity contribution >= 4 is 17.2 Å². The predicted octanol–water partition coefficient (Wildman–Crippen LogP) is 2.64. The normalized spacial score (nSPS) is 19.9. The molecule has 1 aromatic rings. The maximum Gasteiger partial charge on any atom is 0.0765 e. The molecule has 20 heavy (non-hydrogen) atoms. The van der Waals surface area contributed by atoms with Crippen LogP contribution in [0.1, 0.15) is 56.7 Å². The van der Waals surface area contributed by atoms with Crippen molar-refractivity contribution in [1.29, 1.82) is 0 Å². The van der Waals surface area contributed by atoms with Crippen molar-refractivity contribution in [2.75, 3.05) is 6.54 Å². The van der Waals surface area contributed by atoms with E-state index in [0.29, 0.717) is 11.0 Å². The summed E-state index contributed by atoms with van der Waals surface area (Å²) in [4.78, 5) is 3.10. The van der Waals surface area contributed by atoms with Gasteiger partial charge < -0.3 is 5.73 Å². The lowest BCUT2D eigenvalue weighted by molar-refractivity contribution is 0.258. The average molecular weight is 292 g/mol. The monoisotopic (exact) mass is 292 g/mol. The van der Waals surface area contributed by atoms with Gasteiger partial charge in [0.15, 0.2) is 0 Å². The lowest BCUT2D eigenvalue weighted by atomic mass is 10.3. The summed E-state index contributed by atoms with van der Waals surface area (Å²) in [7, 11) is 0. The van der Waals surface area contributed by atoms with Gasteiger partial charge in [0, 0.05) is 31.7 Å². The summed E-state index contributed by atoms with van der Waals surface area (Å²) in [5, 5.41) is 4.78. The van der Waals surface area contributed by atoms with E-state index in [-0.39, 0.29) is 0 Å². The van der Waals surface area contributed by atoms with Crippen LogP contribution in [0, 0.1) is 0 Å². The highest BCUT2D eigenvalue weighted by atomic mass is 32.1. The Morgan fingerprint density at radius 2 is 2.10 bits per heavy atom.